The normalized spacial score (nSPS) is 12.6. The molecule has 33 heavy (non-hydrogen) atoms. The van der Waals surface area contributed by atoms with E-state index in [1.165, 1.54) is 23.5 Å². The first kappa shape index (κ1) is 24.7. The Morgan fingerprint density at radius 2 is 1.91 bits per heavy atom. The third-order valence-corrected chi connectivity index (χ3v) is 6.67. The van der Waals surface area contributed by atoms with E-state index in [0.29, 0.717) is 16.6 Å². The van der Waals surface area contributed by atoms with Crippen LogP contribution in [-0.4, -0.2) is 33.0 Å². The second-order valence-electron chi connectivity index (χ2n) is 7.17. The molecule has 1 heterocycles. The summed E-state index contributed by atoms with van der Waals surface area (Å²) in [6, 6.07) is 10.2. The van der Waals surface area contributed by atoms with Crippen LogP contribution in [0.2, 0.25) is 5.02 Å². The van der Waals surface area contributed by atoms with Crippen molar-refractivity contribution in [3.8, 4) is 10.6 Å². The number of hydrogen-bond donors (Lipinski definition) is 2. The number of non-ortho nitro benzene ring substituents is 1. The van der Waals surface area contributed by atoms with Gasteiger partial charge in [0.25, 0.3) is 11.6 Å². The number of nitrogens with one attached hydrogen (secondary N) is 2. The van der Waals surface area contributed by atoms with Crippen molar-refractivity contribution >= 4 is 61.5 Å². The van der Waals surface area contributed by atoms with Gasteiger partial charge in [0, 0.05) is 22.2 Å². The van der Waals surface area contributed by atoms with E-state index >= 15 is 0 Å². The quantitative estimate of drug-likeness (QED) is 0.288. The summed E-state index contributed by atoms with van der Waals surface area (Å²) in [7, 11) is 0. The number of anilines is 1. The average Bonchev–Trinajstić information content (AvgIpc) is 3.25. The first-order valence-electron chi connectivity index (χ1n) is 9.84. The van der Waals surface area contributed by atoms with Gasteiger partial charge in [0.05, 0.1) is 15.5 Å². The number of nitrogens with zero attached hydrogens (tertiary/aromatic N) is 3. The smallest absolute Gasteiger partial charge is 0.270 e. The van der Waals surface area contributed by atoms with Crippen LogP contribution in [0.4, 0.5) is 10.8 Å². The molecule has 2 atom stereocenters. The highest BCUT2D eigenvalue weighted by Gasteiger charge is 2.28. The third-order valence-electron chi connectivity index (χ3n) is 4.94. The first-order valence-corrected chi connectivity index (χ1v) is 11.8. The standard InChI is InChI=1S/C21H19BrClN5O4S/c1-3-11(2)17(24-18(29)15-9-8-14(28(31)32)10-16(15)23)19(30)25-21-27-26-20(33-21)12-4-6-13(22)7-5-12/h4-11,17H,3H2,1-2H3,(H,24,29)(H,25,27,30). The zero-order valence-electron chi connectivity index (χ0n) is 17.5. The van der Waals surface area contributed by atoms with Gasteiger partial charge in [0.2, 0.25) is 11.0 Å². The van der Waals surface area contributed by atoms with Gasteiger partial charge in [-0.05, 0) is 24.1 Å². The van der Waals surface area contributed by atoms with Gasteiger partial charge < -0.3 is 5.32 Å². The van der Waals surface area contributed by atoms with Crippen LogP contribution in [0.3, 0.4) is 0 Å². The highest BCUT2D eigenvalue weighted by atomic mass is 79.9. The summed E-state index contributed by atoms with van der Waals surface area (Å²) >= 11 is 10.7. The molecular formula is C21H19BrClN5O4S. The van der Waals surface area contributed by atoms with E-state index in [2.05, 4.69) is 36.8 Å². The zero-order valence-corrected chi connectivity index (χ0v) is 20.7. The Hall–Kier alpha value is -2.89. The van der Waals surface area contributed by atoms with Crippen LogP contribution in [0.15, 0.2) is 46.9 Å². The van der Waals surface area contributed by atoms with E-state index in [1.54, 1.807) is 0 Å². The zero-order chi connectivity index (χ0) is 24.1. The topological polar surface area (TPSA) is 127 Å². The molecule has 0 saturated heterocycles. The SMILES string of the molecule is CCC(C)C(NC(=O)c1ccc([N+](=O)[O-])cc1Cl)C(=O)Nc1nnc(-c2ccc(Br)cc2)s1. The lowest BCUT2D eigenvalue weighted by Crippen LogP contribution is -2.47. The summed E-state index contributed by atoms with van der Waals surface area (Å²) in [6.07, 6.45) is 0.618. The molecule has 0 aliphatic carbocycles. The molecule has 1 aromatic heterocycles. The van der Waals surface area contributed by atoms with Crippen LogP contribution in [0.1, 0.15) is 30.6 Å². The van der Waals surface area contributed by atoms with Gasteiger partial charge in [-0.2, -0.15) is 0 Å². The molecule has 0 aliphatic heterocycles. The van der Waals surface area contributed by atoms with Gasteiger partial charge in [0.1, 0.15) is 11.0 Å². The summed E-state index contributed by atoms with van der Waals surface area (Å²) < 4.78 is 0.935. The number of benzene rings is 2. The van der Waals surface area contributed by atoms with Crippen LogP contribution < -0.4 is 10.6 Å². The van der Waals surface area contributed by atoms with Gasteiger partial charge in [-0.15, -0.1) is 10.2 Å². The minimum absolute atomic E-state index is 0.0387. The molecule has 0 radical (unpaired) electrons. The predicted molar refractivity (Wildman–Crippen MR) is 130 cm³/mol. The number of rotatable bonds is 8. The summed E-state index contributed by atoms with van der Waals surface area (Å²) in [4.78, 5) is 36.0. The van der Waals surface area contributed by atoms with Crippen molar-refractivity contribution in [1.29, 1.82) is 0 Å². The van der Waals surface area contributed by atoms with Crippen molar-refractivity contribution in [1.82, 2.24) is 15.5 Å². The van der Waals surface area contributed by atoms with E-state index in [4.69, 9.17) is 11.6 Å². The lowest BCUT2D eigenvalue weighted by atomic mass is 9.98. The van der Waals surface area contributed by atoms with Crippen molar-refractivity contribution < 1.29 is 14.5 Å². The Labute approximate surface area is 206 Å². The third kappa shape index (κ3) is 6.12. The average molecular weight is 553 g/mol. The van der Waals surface area contributed by atoms with Gasteiger partial charge in [-0.25, -0.2) is 0 Å². The lowest BCUT2D eigenvalue weighted by molar-refractivity contribution is -0.384. The highest BCUT2D eigenvalue weighted by Crippen LogP contribution is 2.28. The fraction of sp³-hybridized carbons (Fsp3) is 0.238. The summed E-state index contributed by atoms with van der Waals surface area (Å²) in [5, 5.41) is 25.3. The van der Waals surface area contributed by atoms with E-state index < -0.39 is 22.8 Å². The molecule has 2 N–H and O–H groups in total. The van der Waals surface area contributed by atoms with Crippen LogP contribution in [-0.2, 0) is 4.79 Å². The lowest BCUT2D eigenvalue weighted by Gasteiger charge is -2.23. The van der Waals surface area contributed by atoms with Crippen molar-refractivity contribution in [2.75, 3.05) is 5.32 Å². The van der Waals surface area contributed by atoms with Gasteiger partial charge in [-0.1, -0.05) is 71.3 Å². The monoisotopic (exact) mass is 551 g/mol. The minimum Gasteiger partial charge on any atom is -0.340 e. The number of nitro benzene ring substituents is 1. The van der Waals surface area contributed by atoms with Crippen molar-refractivity contribution in [3.05, 3.63) is 67.6 Å². The Morgan fingerprint density at radius 3 is 2.52 bits per heavy atom. The Morgan fingerprint density at radius 1 is 1.21 bits per heavy atom. The van der Waals surface area contributed by atoms with Gasteiger partial charge in [0.15, 0.2) is 0 Å². The van der Waals surface area contributed by atoms with Crippen molar-refractivity contribution in [2.45, 2.75) is 26.3 Å². The maximum absolute atomic E-state index is 13.0. The van der Waals surface area contributed by atoms with E-state index in [0.717, 1.165) is 16.1 Å². The predicted octanol–water partition coefficient (Wildman–Crippen LogP) is 5.31. The molecule has 2 amide bonds. The van der Waals surface area contributed by atoms with E-state index in [-0.39, 0.29) is 22.2 Å². The molecule has 0 aliphatic rings. The fourth-order valence-electron chi connectivity index (χ4n) is 2.89. The summed E-state index contributed by atoms with van der Waals surface area (Å²) in [5.74, 6) is -1.26. The highest BCUT2D eigenvalue weighted by molar-refractivity contribution is 9.10. The molecule has 0 saturated carbocycles. The Balaban J connectivity index is 1.75. The van der Waals surface area contributed by atoms with Crippen LogP contribution in [0.5, 0.6) is 0 Å². The second-order valence-corrected chi connectivity index (χ2v) is 9.47. The minimum atomic E-state index is -0.881. The molecule has 9 nitrogen and oxygen atoms in total. The molecule has 3 aromatic rings. The molecule has 0 fully saturated rings. The van der Waals surface area contributed by atoms with E-state index in [9.17, 15) is 19.7 Å². The number of nitro groups is 1. The number of amides is 2. The van der Waals surface area contributed by atoms with Crippen LogP contribution >= 0.6 is 38.9 Å². The molecule has 12 heteroatoms. The molecule has 3 rings (SSSR count). The number of halogens is 2. The maximum Gasteiger partial charge on any atom is 0.270 e. The molecule has 172 valence electrons. The molecule has 0 bridgehead atoms. The van der Waals surface area contributed by atoms with Crippen molar-refractivity contribution in [3.63, 3.8) is 0 Å². The maximum atomic E-state index is 13.0. The van der Waals surface area contributed by atoms with Crippen molar-refractivity contribution in [2.24, 2.45) is 5.92 Å². The molecule has 2 unspecified atom stereocenters. The number of aromatic nitrogens is 2. The summed E-state index contributed by atoms with van der Waals surface area (Å²) in [6.45, 7) is 3.72. The Bertz CT molecular complexity index is 1190. The number of carbonyl (C=O) groups excluding carboxylic acids is 2. The Kier molecular flexibility index (Phi) is 8.11. The van der Waals surface area contributed by atoms with Crippen LogP contribution in [0.25, 0.3) is 10.6 Å². The van der Waals surface area contributed by atoms with E-state index in [1.807, 2.05) is 38.1 Å². The second kappa shape index (κ2) is 10.8. The van der Waals surface area contributed by atoms with Gasteiger partial charge >= 0.3 is 0 Å². The number of carbonyl (C=O) groups is 2. The number of hydrogen-bond acceptors (Lipinski definition) is 7. The molecule has 0 spiro atoms. The van der Waals surface area contributed by atoms with Gasteiger partial charge in [-0.3, -0.25) is 25.0 Å². The first-order chi connectivity index (χ1) is 15.7. The summed E-state index contributed by atoms with van der Waals surface area (Å²) in [5.41, 5.74) is 0.665. The molecular weight excluding hydrogens is 534 g/mol. The molecule has 2 aromatic carbocycles. The van der Waals surface area contributed by atoms with Crippen LogP contribution in [0, 0.1) is 16.0 Å². The largest absolute Gasteiger partial charge is 0.340 e. The fourth-order valence-corrected chi connectivity index (χ4v) is 4.17.